The van der Waals surface area contributed by atoms with Crippen molar-refractivity contribution in [2.45, 2.75) is 0 Å². The van der Waals surface area contributed by atoms with E-state index in [-0.39, 0.29) is 22.4 Å². The van der Waals surface area contributed by atoms with Gasteiger partial charge in [0.15, 0.2) is 5.78 Å². The summed E-state index contributed by atoms with van der Waals surface area (Å²) in [6.45, 7) is 0. The SMILES string of the molecule is O=C(Cl)c1ccccc1C(=O)c1cccc([N+](=O)[O-])c1. The summed E-state index contributed by atoms with van der Waals surface area (Å²) in [5.74, 6) is -0.488. The fourth-order valence-corrected chi connectivity index (χ4v) is 1.93. The number of hydrogen-bond acceptors (Lipinski definition) is 4. The molecule has 20 heavy (non-hydrogen) atoms. The second-order valence-corrected chi connectivity index (χ2v) is 4.30. The third-order valence-corrected chi connectivity index (χ3v) is 2.91. The van der Waals surface area contributed by atoms with E-state index in [0.29, 0.717) is 0 Å². The molecule has 0 aliphatic heterocycles. The van der Waals surface area contributed by atoms with Crippen molar-refractivity contribution in [1.82, 2.24) is 0 Å². The van der Waals surface area contributed by atoms with Crippen molar-refractivity contribution in [2.24, 2.45) is 0 Å². The van der Waals surface area contributed by atoms with Gasteiger partial charge < -0.3 is 0 Å². The van der Waals surface area contributed by atoms with Gasteiger partial charge in [-0.1, -0.05) is 30.3 Å². The Balaban J connectivity index is 2.49. The van der Waals surface area contributed by atoms with Crippen LogP contribution in [-0.4, -0.2) is 15.9 Å². The van der Waals surface area contributed by atoms with E-state index < -0.39 is 15.9 Å². The van der Waals surface area contributed by atoms with E-state index in [1.54, 1.807) is 12.1 Å². The van der Waals surface area contributed by atoms with Crippen molar-refractivity contribution in [3.63, 3.8) is 0 Å². The highest BCUT2D eigenvalue weighted by atomic mass is 35.5. The normalized spacial score (nSPS) is 10.1. The molecule has 0 N–H and O–H groups in total. The van der Waals surface area contributed by atoms with Crippen LogP contribution in [-0.2, 0) is 0 Å². The summed E-state index contributed by atoms with van der Waals surface area (Å²) in [5, 5.41) is 9.96. The number of carbonyl (C=O) groups excluding carboxylic acids is 2. The first-order valence-electron chi connectivity index (χ1n) is 5.58. The molecule has 0 spiro atoms. The Hall–Kier alpha value is -2.53. The van der Waals surface area contributed by atoms with Gasteiger partial charge in [-0.15, -0.1) is 0 Å². The molecule has 0 saturated carbocycles. The number of rotatable bonds is 4. The largest absolute Gasteiger partial charge is 0.289 e. The minimum atomic E-state index is -0.751. The van der Waals surface area contributed by atoms with Gasteiger partial charge in [0.05, 0.1) is 4.92 Å². The van der Waals surface area contributed by atoms with Gasteiger partial charge in [-0.3, -0.25) is 19.7 Å². The first-order valence-corrected chi connectivity index (χ1v) is 5.96. The maximum absolute atomic E-state index is 12.3. The van der Waals surface area contributed by atoms with Gasteiger partial charge in [0, 0.05) is 28.8 Å². The van der Waals surface area contributed by atoms with Gasteiger partial charge >= 0.3 is 0 Å². The topological polar surface area (TPSA) is 77.3 Å². The van der Waals surface area contributed by atoms with Crippen LogP contribution in [0.5, 0.6) is 0 Å². The lowest BCUT2D eigenvalue weighted by Gasteiger charge is -2.05. The number of nitro benzene ring substituents is 1. The fraction of sp³-hybridized carbons (Fsp3) is 0. The maximum Gasteiger partial charge on any atom is 0.270 e. The summed E-state index contributed by atoms with van der Waals surface area (Å²) >= 11 is 5.42. The highest BCUT2D eigenvalue weighted by Crippen LogP contribution is 2.19. The molecule has 0 atom stereocenters. The lowest BCUT2D eigenvalue weighted by Crippen LogP contribution is -2.07. The van der Waals surface area contributed by atoms with Crippen molar-refractivity contribution in [3.05, 3.63) is 75.3 Å². The third-order valence-electron chi connectivity index (χ3n) is 2.70. The molecule has 0 aliphatic carbocycles. The number of hydrogen-bond donors (Lipinski definition) is 0. The van der Waals surface area contributed by atoms with E-state index in [9.17, 15) is 19.7 Å². The lowest BCUT2D eigenvalue weighted by atomic mass is 9.98. The molecule has 2 rings (SSSR count). The summed E-state index contributed by atoms with van der Waals surface area (Å²) in [5.41, 5.74) is 0.133. The van der Waals surface area contributed by atoms with Gasteiger partial charge in [0.1, 0.15) is 0 Å². The smallest absolute Gasteiger partial charge is 0.270 e. The van der Waals surface area contributed by atoms with Crippen LogP contribution < -0.4 is 0 Å². The number of nitrogens with zero attached hydrogens (tertiary/aromatic N) is 1. The third kappa shape index (κ3) is 2.73. The average Bonchev–Trinajstić information content (AvgIpc) is 2.46. The zero-order valence-corrected chi connectivity index (χ0v) is 10.8. The van der Waals surface area contributed by atoms with Crippen molar-refractivity contribution in [2.75, 3.05) is 0 Å². The van der Waals surface area contributed by atoms with Gasteiger partial charge in [-0.05, 0) is 17.7 Å². The summed E-state index contributed by atoms with van der Waals surface area (Å²) < 4.78 is 0. The molecule has 100 valence electrons. The standard InChI is InChI=1S/C14H8ClNO4/c15-14(18)12-7-2-1-6-11(12)13(17)9-4-3-5-10(8-9)16(19)20/h1-8H. The Labute approximate surface area is 118 Å². The van der Waals surface area contributed by atoms with Gasteiger partial charge in [-0.2, -0.15) is 0 Å². The predicted molar refractivity (Wildman–Crippen MR) is 73.2 cm³/mol. The molecule has 6 heteroatoms. The summed E-state index contributed by atoms with van der Waals surface area (Å²) in [6, 6.07) is 11.4. The Morgan fingerprint density at radius 2 is 1.65 bits per heavy atom. The quantitative estimate of drug-likeness (QED) is 0.375. The molecule has 0 bridgehead atoms. The van der Waals surface area contributed by atoms with Crippen LogP contribution >= 0.6 is 11.6 Å². The van der Waals surface area contributed by atoms with Crippen LogP contribution in [0.3, 0.4) is 0 Å². The molecule has 0 amide bonds. The number of ketones is 1. The highest BCUT2D eigenvalue weighted by molar-refractivity contribution is 6.68. The molecule has 0 radical (unpaired) electrons. The minimum absolute atomic E-state index is 0.0747. The van der Waals surface area contributed by atoms with Crippen LogP contribution in [0.15, 0.2) is 48.5 Å². The molecular formula is C14H8ClNO4. The van der Waals surface area contributed by atoms with Gasteiger partial charge in [0.25, 0.3) is 10.9 Å². The van der Waals surface area contributed by atoms with E-state index in [1.807, 2.05) is 0 Å². The van der Waals surface area contributed by atoms with Gasteiger partial charge in [0.2, 0.25) is 0 Å². The Morgan fingerprint density at radius 3 is 2.25 bits per heavy atom. The van der Waals surface area contributed by atoms with E-state index >= 15 is 0 Å². The Morgan fingerprint density at radius 1 is 1.00 bits per heavy atom. The van der Waals surface area contributed by atoms with Crippen LogP contribution in [0.1, 0.15) is 26.3 Å². The molecule has 0 aliphatic rings. The zero-order valence-electron chi connectivity index (χ0n) is 10.1. The van der Waals surface area contributed by atoms with Crippen LogP contribution in [0.4, 0.5) is 5.69 Å². The lowest BCUT2D eigenvalue weighted by molar-refractivity contribution is -0.384. The number of nitro groups is 1. The van der Waals surface area contributed by atoms with Gasteiger partial charge in [-0.25, -0.2) is 0 Å². The molecule has 0 heterocycles. The number of non-ortho nitro benzene ring substituents is 1. The van der Waals surface area contributed by atoms with Crippen LogP contribution in [0.25, 0.3) is 0 Å². The first-order chi connectivity index (χ1) is 9.50. The van der Waals surface area contributed by atoms with E-state index in [1.165, 1.54) is 30.3 Å². The van der Waals surface area contributed by atoms with Crippen molar-refractivity contribution in [3.8, 4) is 0 Å². The number of benzene rings is 2. The van der Waals surface area contributed by atoms with E-state index in [4.69, 9.17) is 11.6 Å². The van der Waals surface area contributed by atoms with Crippen molar-refractivity contribution >= 4 is 28.3 Å². The summed E-state index contributed by atoms with van der Waals surface area (Å²) in [6.07, 6.45) is 0. The molecule has 0 aromatic heterocycles. The second kappa shape index (κ2) is 5.63. The minimum Gasteiger partial charge on any atom is -0.289 e. The van der Waals surface area contributed by atoms with Crippen molar-refractivity contribution in [1.29, 1.82) is 0 Å². The summed E-state index contributed by atoms with van der Waals surface area (Å²) in [7, 11) is 0. The zero-order chi connectivity index (χ0) is 14.7. The molecular weight excluding hydrogens is 282 g/mol. The molecule has 2 aromatic rings. The Kier molecular flexibility index (Phi) is 3.91. The highest BCUT2D eigenvalue weighted by Gasteiger charge is 2.18. The molecule has 0 fully saturated rings. The summed E-state index contributed by atoms with van der Waals surface area (Å²) in [4.78, 5) is 33.7. The van der Waals surface area contributed by atoms with E-state index in [2.05, 4.69) is 0 Å². The number of halogens is 1. The van der Waals surface area contributed by atoms with E-state index in [0.717, 1.165) is 6.07 Å². The Bertz CT molecular complexity index is 712. The first kappa shape index (κ1) is 13.9. The maximum atomic E-state index is 12.3. The monoisotopic (exact) mass is 289 g/mol. The fourth-order valence-electron chi connectivity index (χ4n) is 1.77. The second-order valence-electron chi connectivity index (χ2n) is 3.96. The predicted octanol–water partition coefficient (Wildman–Crippen LogP) is 3.20. The molecule has 2 aromatic carbocycles. The van der Waals surface area contributed by atoms with Crippen LogP contribution in [0, 0.1) is 10.1 Å². The molecule has 5 nitrogen and oxygen atoms in total. The van der Waals surface area contributed by atoms with Crippen LogP contribution in [0.2, 0.25) is 0 Å². The average molecular weight is 290 g/mol. The molecule has 0 unspecified atom stereocenters. The molecule has 0 saturated heterocycles. The van der Waals surface area contributed by atoms with Crippen molar-refractivity contribution < 1.29 is 14.5 Å². The number of carbonyl (C=O) groups is 2.